The molecule has 0 aliphatic carbocycles. The van der Waals surface area contributed by atoms with E-state index in [1.807, 2.05) is 41.1 Å². The second kappa shape index (κ2) is 4.71. The minimum atomic E-state index is -0.304. The van der Waals surface area contributed by atoms with Crippen molar-refractivity contribution in [1.29, 1.82) is 5.26 Å². The summed E-state index contributed by atoms with van der Waals surface area (Å²) in [7, 11) is 0. The summed E-state index contributed by atoms with van der Waals surface area (Å²) in [5.74, 6) is -0.304. The second-order valence-corrected chi connectivity index (χ2v) is 4.68. The van der Waals surface area contributed by atoms with Gasteiger partial charge in [0.1, 0.15) is 5.82 Å². The van der Waals surface area contributed by atoms with Crippen molar-refractivity contribution in [3.05, 3.63) is 65.6 Å². The molecule has 0 atom stereocenters. The van der Waals surface area contributed by atoms with Crippen molar-refractivity contribution in [2.45, 2.75) is 6.54 Å². The molecule has 3 nitrogen and oxygen atoms in total. The number of benzene rings is 2. The Kier molecular flexibility index (Phi) is 2.88. The molecule has 1 heterocycles. The van der Waals surface area contributed by atoms with Crippen molar-refractivity contribution in [3.8, 4) is 6.07 Å². The fourth-order valence-electron chi connectivity index (χ4n) is 2.31. The molecule has 0 saturated heterocycles. The first-order chi connectivity index (χ1) is 9.67. The molecule has 0 amide bonds. The van der Waals surface area contributed by atoms with E-state index in [0.29, 0.717) is 23.4 Å². The third kappa shape index (κ3) is 2.10. The molecule has 2 N–H and O–H groups in total. The van der Waals surface area contributed by atoms with E-state index in [0.717, 1.165) is 10.9 Å². The lowest BCUT2D eigenvalue weighted by atomic mass is 10.1. The van der Waals surface area contributed by atoms with Crippen molar-refractivity contribution in [2.24, 2.45) is 0 Å². The summed E-state index contributed by atoms with van der Waals surface area (Å²) in [5.41, 5.74) is 8.39. The molecule has 0 unspecified atom stereocenters. The molecule has 0 spiro atoms. The van der Waals surface area contributed by atoms with Crippen molar-refractivity contribution >= 4 is 16.6 Å². The van der Waals surface area contributed by atoms with Crippen molar-refractivity contribution in [2.75, 3.05) is 5.73 Å². The highest BCUT2D eigenvalue weighted by Crippen LogP contribution is 2.21. The SMILES string of the molecule is N#Cc1ccc(F)c(Cn2ccc3cc(N)ccc32)c1. The Balaban J connectivity index is 2.03. The highest BCUT2D eigenvalue weighted by Gasteiger charge is 2.07. The van der Waals surface area contributed by atoms with E-state index < -0.39 is 0 Å². The van der Waals surface area contributed by atoms with Crippen molar-refractivity contribution in [3.63, 3.8) is 0 Å². The standard InChI is InChI=1S/C16H12FN3/c17-15-3-1-11(9-18)7-13(15)10-20-6-5-12-8-14(19)2-4-16(12)20/h1-8H,10,19H2. The molecule has 0 fully saturated rings. The number of nitriles is 1. The third-order valence-electron chi connectivity index (χ3n) is 3.31. The Hall–Kier alpha value is -2.80. The topological polar surface area (TPSA) is 54.7 Å². The maximum Gasteiger partial charge on any atom is 0.128 e. The Labute approximate surface area is 115 Å². The summed E-state index contributed by atoms with van der Waals surface area (Å²) in [5, 5.41) is 9.90. The highest BCUT2D eigenvalue weighted by atomic mass is 19.1. The van der Waals surface area contributed by atoms with Crippen LogP contribution >= 0.6 is 0 Å². The maximum absolute atomic E-state index is 13.8. The normalized spacial score (nSPS) is 10.6. The number of nitrogens with two attached hydrogens (primary N) is 1. The predicted molar refractivity (Wildman–Crippen MR) is 76.6 cm³/mol. The van der Waals surface area contributed by atoms with Gasteiger partial charge in [0.15, 0.2) is 0 Å². The van der Waals surface area contributed by atoms with Crippen LogP contribution in [0, 0.1) is 17.1 Å². The van der Waals surface area contributed by atoms with Gasteiger partial charge in [0.05, 0.1) is 18.2 Å². The summed E-state index contributed by atoms with van der Waals surface area (Å²) < 4.78 is 15.8. The number of hydrogen-bond acceptors (Lipinski definition) is 2. The van der Waals surface area contributed by atoms with Crippen molar-refractivity contribution < 1.29 is 4.39 Å². The van der Waals surface area contributed by atoms with Crippen LogP contribution in [0.25, 0.3) is 10.9 Å². The molecule has 0 radical (unpaired) electrons. The molecule has 3 rings (SSSR count). The lowest BCUT2D eigenvalue weighted by molar-refractivity contribution is 0.602. The Morgan fingerprint density at radius 3 is 2.80 bits per heavy atom. The summed E-state index contributed by atoms with van der Waals surface area (Å²) in [4.78, 5) is 0. The number of nitrogens with zero attached hydrogens (tertiary/aromatic N) is 2. The quantitative estimate of drug-likeness (QED) is 0.723. The van der Waals surface area contributed by atoms with Crippen LogP contribution in [0.4, 0.5) is 10.1 Å². The van der Waals surface area contributed by atoms with Crippen LogP contribution in [-0.4, -0.2) is 4.57 Å². The molecular formula is C16H12FN3. The lowest BCUT2D eigenvalue weighted by Crippen LogP contribution is -2.01. The van der Waals surface area contributed by atoms with Gasteiger partial charge in [-0.3, -0.25) is 0 Å². The van der Waals surface area contributed by atoms with Crippen LogP contribution in [0.5, 0.6) is 0 Å². The Bertz CT molecular complexity index is 827. The second-order valence-electron chi connectivity index (χ2n) is 4.68. The molecule has 0 aliphatic rings. The number of rotatable bonds is 2. The Morgan fingerprint density at radius 2 is 2.00 bits per heavy atom. The third-order valence-corrected chi connectivity index (χ3v) is 3.31. The van der Waals surface area contributed by atoms with Crippen LogP contribution in [0.15, 0.2) is 48.7 Å². The van der Waals surface area contributed by atoms with Gasteiger partial charge < -0.3 is 10.3 Å². The van der Waals surface area contributed by atoms with E-state index in [1.54, 1.807) is 6.07 Å². The van der Waals surface area contributed by atoms with E-state index in [2.05, 4.69) is 0 Å². The van der Waals surface area contributed by atoms with E-state index >= 15 is 0 Å². The number of anilines is 1. The molecule has 3 aromatic rings. The molecule has 20 heavy (non-hydrogen) atoms. The van der Waals surface area contributed by atoms with Crippen LogP contribution < -0.4 is 5.73 Å². The zero-order valence-corrected chi connectivity index (χ0v) is 10.7. The minimum Gasteiger partial charge on any atom is -0.399 e. The van der Waals surface area contributed by atoms with Gasteiger partial charge in [-0.15, -0.1) is 0 Å². The monoisotopic (exact) mass is 265 g/mol. The van der Waals surface area contributed by atoms with Gasteiger partial charge in [0, 0.05) is 28.4 Å². The van der Waals surface area contributed by atoms with E-state index in [4.69, 9.17) is 11.0 Å². The fraction of sp³-hybridized carbons (Fsp3) is 0.0625. The van der Waals surface area contributed by atoms with Gasteiger partial charge in [-0.25, -0.2) is 4.39 Å². The molecular weight excluding hydrogens is 253 g/mol. The largest absolute Gasteiger partial charge is 0.399 e. The van der Waals surface area contributed by atoms with Gasteiger partial charge in [-0.1, -0.05) is 0 Å². The lowest BCUT2D eigenvalue weighted by Gasteiger charge is -2.07. The zero-order chi connectivity index (χ0) is 14.1. The molecule has 0 saturated carbocycles. The maximum atomic E-state index is 13.8. The molecule has 0 aliphatic heterocycles. The summed E-state index contributed by atoms with van der Waals surface area (Å²) in [6.45, 7) is 0.384. The Morgan fingerprint density at radius 1 is 1.15 bits per heavy atom. The zero-order valence-electron chi connectivity index (χ0n) is 10.7. The van der Waals surface area contributed by atoms with Gasteiger partial charge >= 0.3 is 0 Å². The van der Waals surface area contributed by atoms with Crippen LogP contribution in [0.2, 0.25) is 0 Å². The first kappa shape index (κ1) is 12.2. The first-order valence-corrected chi connectivity index (χ1v) is 6.20. The van der Waals surface area contributed by atoms with Gasteiger partial charge in [-0.2, -0.15) is 5.26 Å². The van der Waals surface area contributed by atoms with E-state index in [-0.39, 0.29) is 5.82 Å². The van der Waals surface area contributed by atoms with Crippen LogP contribution in [0.3, 0.4) is 0 Å². The van der Waals surface area contributed by atoms with Gasteiger partial charge in [-0.05, 0) is 42.5 Å². The average Bonchev–Trinajstić information content (AvgIpc) is 2.83. The van der Waals surface area contributed by atoms with E-state index in [1.165, 1.54) is 12.1 Å². The van der Waals surface area contributed by atoms with Gasteiger partial charge in [0.25, 0.3) is 0 Å². The minimum absolute atomic E-state index is 0.304. The number of fused-ring (bicyclic) bond motifs is 1. The smallest absolute Gasteiger partial charge is 0.128 e. The van der Waals surface area contributed by atoms with Gasteiger partial charge in [0.2, 0.25) is 0 Å². The molecule has 98 valence electrons. The highest BCUT2D eigenvalue weighted by molar-refractivity contribution is 5.83. The summed E-state index contributed by atoms with van der Waals surface area (Å²) in [6.07, 6.45) is 1.89. The summed E-state index contributed by atoms with van der Waals surface area (Å²) >= 11 is 0. The molecule has 2 aromatic carbocycles. The number of nitrogen functional groups attached to an aromatic ring is 1. The first-order valence-electron chi connectivity index (χ1n) is 6.20. The number of hydrogen-bond donors (Lipinski definition) is 1. The summed E-state index contributed by atoms with van der Waals surface area (Å²) in [6, 6.07) is 14.0. The van der Waals surface area contributed by atoms with Crippen molar-refractivity contribution in [1.82, 2.24) is 4.57 Å². The predicted octanol–water partition coefficient (Wildman–Crippen LogP) is 3.28. The molecule has 1 aromatic heterocycles. The number of halogens is 1. The van der Waals surface area contributed by atoms with Crippen LogP contribution in [-0.2, 0) is 6.54 Å². The van der Waals surface area contributed by atoms with Crippen LogP contribution in [0.1, 0.15) is 11.1 Å². The average molecular weight is 265 g/mol. The molecule has 4 heteroatoms. The number of aromatic nitrogens is 1. The fourth-order valence-corrected chi connectivity index (χ4v) is 2.31. The van der Waals surface area contributed by atoms with E-state index in [9.17, 15) is 4.39 Å². The molecule has 0 bridgehead atoms.